The molecule has 72 valence electrons. The summed E-state index contributed by atoms with van der Waals surface area (Å²) in [5.41, 5.74) is 4.16. The van der Waals surface area contributed by atoms with Gasteiger partial charge in [0.25, 0.3) is 0 Å². The average molecular weight is 251 g/mol. The van der Waals surface area contributed by atoms with Crippen LogP contribution in [0.2, 0.25) is 0 Å². The van der Waals surface area contributed by atoms with Crippen molar-refractivity contribution in [3.63, 3.8) is 0 Å². The molecule has 0 radical (unpaired) electrons. The topological polar surface area (TPSA) is 25.8 Å². The van der Waals surface area contributed by atoms with Crippen LogP contribution < -0.4 is 0 Å². The standard InChI is InChI=1S/C11H11BrN2/c1-3-8-11(12)14-9-5-4-7(2)6-10(9)13-8/h4-6H,3H2,1-2H3. The molecule has 0 saturated carbocycles. The molecule has 0 fully saturated rings. The number of nitrogens with zero attached hydrogens (tertiary/aromatic N) is 2. The molecule has 0 atom stereocenters. The number of rotatable bonds is 1. The van der Waals surface area contributed by atoms with Crippen molar-refractivity contribution in [3.8, 4) is 0 Å². The third kappa shape index (κ3) is 1.64. The van der Waals surface area contributed by atoms with Crippen LogP contribution in [0.15, 0.2) is 22.8 Å². The molecule has 2 nitrogen and oxygen atoms in total. The lowest BCUT2D eigenvalue weighted by atomic mass is 10.2. The third-order valence-corrected chi connectivity index (χ3v) is 2.81. The van der Waals surface area contributed by atoms with E-state index in [0.717, 1.165) is 27.8 Å². The largest absolute Gasteiger partial charge is 0.248 e. The van der Waals surface area contributed by atoms with E-state index in [2.05, 4.69) is 51.9 Å². The van der Waals surface area contributed by atoms with Crippen LogP contribution in [0.3, 0.4) is 0 Å². The number of aryl methyl sites for hydroxylation is 2. The van der Waals surface area contributed by atoms with Gasteiger partial charge >= 0.3 is 0 Å². The Bertz CT molecular complexity index is 480. The zero-order valence-electron chi connectivity index (χ0n) is 8.21. The Hall–Kier alpha value is -0.960. The second-order valence-corrected chi connectivity index (χ2v) is 4.06. The van der Waals surface area contributed by atoms with E-state index in [9.17, 15) is 0 Å². The first-order valence-electron chi connectivity index (χ1n) is 4.63. The highest BCUT2D eigenvalue weighted by molar-refractivity contribution is 9.10. The Kier molecular flexibility index (Phi) is 2.50. The fourth-order valence-electron chi connectivity index (χ4n) is 1.40. The molecule has 0 amide bonds. The summed E-state index contributed by atoms with van der Waals surface area (Å²) < 4.78 is 0.858. The van der Waals surface area contributed by atoms with Gasteiger partial charge in [0.05, 0.1) is 16.7 Å². The highest BCUT2D eigenvalue weighted by Gasteiger charge is 2.04. The minimum absolute atomic E-state index is 0.858. The van der Waals surface area contributed by atoms with Crippen molar-refractivity contribution in [1.82, 2.24) is 9.97 Å². The maximum Gasteiger partial charge on any atom is 0.128 e. The molecule has 0 aliphatic heterocycles. The van der Waals surface area contributed by atoms with Gasteiger partial charge in [-0.15, -0.1) is 0 Å². The van der Waals surface area contributed by atoms with Gasteiger partial charge in [0.15, 0.2) is 0 Å². The molecule has 0 saturated heterocycles. The molecular weight excluding hydrogens is 240 g/mol. The molecule has 3 heteroatoms. The van der Waals surface area contributed by atoms with Crippen molar-refractivity contribution in [2.24, 2.45) is 0 Å². The lowest BCUT2D eigenvalue weighted by Gasteiger charge is -2.03. The molecule has 2 aromatic rings. The van der Waals surface area contributed by atoms with E-state index in [4.69, 9.17) is 0 Å². The number of benzene rings is 1. The smallest absolute Gasteiger partial charge is 0.128 e. The monoisotopic (exact) mass is 250 g/mol. The fraction of sp³-hybridized carbons (Fsp3) is 0.273. The number of hydrogen-bond acceptors (Lipinski definition) is 2. The van der Waals surface area contributed by atoms with Gasteiger partial charge in [-0.05, 0) is 47.0 Å². The maximum atomic E-state index is 4.54. The van der Waals surface area contributed by atoms with E-state index < -0.39 is 0 Å². The van der Waals surface area contributed by atoms with Crippen molar-refractivity contribution in [3.05, 3.63) is 34.1 Å². The minimum Gasteiger partial charge on any atom is -0.248 e. The maximum absolute atomic E-state index is 4.54. The fourth-order valence-corrected chi connectivity index (χ4v) is 1.96. The molecule has 0 N–H and O–H groups in total. The Labute approximate surface area is 91.5 Å². The first-order valence-corrected chi connectivity index (χ1v) is 5.43. The van der Waals surface area contributed by atoms with Crippen LogP contribution in [0.5, 0.6) is 0 Å². The lowest BCUT2D eigenvalue weighted by molar-refractivity contribution is 1.01. The summed E-state index contributed by atoms with van der Waals surface area (Å²) >= 11 is 3.42. The number of hydrogen-bond donors (Lipinski definition) is 0. The molecule has 2 rings (SSSR count). The highest BCUT2D eigenvalue weighted by atomic mass is 79.9. The van der Waals surface area contributed by atoms with Crippen LogP contribution in [0.4, 0.5) is 0 Å². The number of aromatic nitrogens is 2. The molecule has 0 bridgehead atoms. The van der Waals surface area contributed by atoms with Crippen LogP contribution in [-0.4, -0.2) is 9.97 Å². The molecule has 0 unspecified atom stereocenters. The van der Waals surface area contributed by atoms with Crippen LogP contribution in [-0.2, 0) is 6.42 Å². The van der Waals surface area contributed by atoms with E-state index in [1.165, 1.54) is 5.56 Å². The molecule has 14 heavy (non-hydrogen) atoms. The predicted molar refractivity (Wildman–Crippen MR) is 61.4 cm³/mol. The second-order valence-electron chi connectivity index (χ2n) is 3.31. The third-order valence-electron chi connectivity index (χ3n) is 2.18. The van der Waals surface area contributed by atoms with Crippen molar-refractivity contribution in [1.29, 1.82) is 0 Å². The van der Waals surface area contributed by atoms with Gasteiger partial charge in [0, 0.05) is 0 Å². The Balaban J connectivity index is 2.73. The van der Waals surface area contributed by atoms with Gasteiger partial charge in [0.2, 0.25) is 0 Å². The van der Waals surface area contributed by atoms with Crippen LogP contribution in [0, 0.1) is 6.92 Å². The van der Waals surface area contributed by atoms with Crippen LogP contribution in [0.25, 0.3) is 11.0 Å². The first kappa shape index (κ1) is 9.59. The van der Waals surface area contributed by atoms with Gasteiger partial charge in [-0.1, -0.05) is 13.0 Å². The molecule has 0 spiro atoms. The number of halogens is 1. The van der Waals surface area contributed by atoms with Gasteiger partial charge < -0.3 is 0 Å². The van der Waals surface area contributed by atoms with Gasteiger partial charge in [-0.2, -0.15) is 0 Å². The quantitative estimate of drug-likeness (QED) is 0.777. The van der Waals surface area contributed by atoms with Crippen molar-refractivity contribution in [2.45, 2.75) is 20.3 Å². The minimum atomic E-state index is 0.858. The zero-order valence-corrected chi connectivity index (χ0v) is 9.80. The summed E-state index contributed by atoms with van der Waals surface area (Å²) in [6, 6.07) is 6.12. The Morgan fingerprint density at radius 3 is 2.71 bits per heavy atom. The molecule has 0 aliphatic carbocycles. The zero-order chi connectivity index (χ0) is 10.1. The normalized spacial score (nSPS) is 10.8. The molecule has 0 aliphatic rings. The van der Waals surface area contributed by atoms with E-state index in [1.54, 1.807) is 0 Å². The van der Waals surface area contributed by atoms with E-state index in [0.29, 0.717) is 0 Å². The molecular formula is C11H11BrN2. The summed E-state index contributed by atoms with van der Waals surface area (Å²) in [7, 11) is 0. The van der Waals surface area contributed by atoms with E-state index >= 15 is 0 Å². The van der Waals surface area contributed by atoms with Gasteiger partial charge in [-0.25, -0.2) is 9.97 Å². The summed E-state index contributed by atoms with van der Waals surface area (Å²) in [6.07, 6.45) is 0.900. The Morgan fingerprint density at radius 1 is 1.21 bits per heavy atom. The Morgan fingerprint density at radius 2 is 2.00 bits per heavy atom. The van der Waals surface area contributed by atoms with Gasteiger partial charge in [-0.3, -0.25) is 0 Å². The van der Waals surface area contributed by atoms with E-state index in [-0.39, 0.29) is 0 Å². The summed E-state index contributed by atoms with van der Waals surface area (Å²) in [6.45, 7) is 4.14. The van der Waals surface area contributed by atoms with Gasteiger partial charge in [0.1, 0.15) is 4.60 Å². The van der Waals surface area contributed by atoms with Crippen molar-refractivity contribution >= 4 is 27.0 Å². The second kappa shape index (κ2) is 3.65. The molecule has 1 aromatic heterocycles. The van der Waals surface area contributed by atoms with Crippen LogP contribution >= 0.6 is 15.9 Å². The molecule has 1 heterocycles. The summed E-state index contributed by atoms with van der Waals surface area (Å²) in [5.74, 6) is 0. The summed E-state index contributed by atoms with van der Waals surface area (Å²) in [5, 5.41) is 0. The average Bonchev–Trinajstić information content (AvgIpc) is 2.17. The predicted octanol–water partition coefficient (Wildman–Crippen LogP) is 3.26. The lowest BCUT2D eigenvalue weighted by Crippen LogP contribution is -1.94. The molecule has 1 aromatic carbocycles. The van der Waals surface area contributed by atoms with E-state index in [1.807, 2.05) is 6.07 Å². The van der Waals surface area contributed by atoms with Crippen molar-refractivity contribution < 1.29 is 0 Å². The highest BCUT2D eigenvalue weighted by Crippen LogP contribution is 2.18. The van der Waals surface area contributed by atoms with Crippen LogP contribution in [0.1, 0.15) is 18.2 Å². The van der Waals surface area contributed by atoms with Crippen molar-refractivity contribution in [2.75, 3.05) is 0 Å². The summed E-state index contributed by atoms with van der Waals surface area (Å²) in [4.78, 5) is 8.99. The number of fused-ring (bicyclic) bond motifs is 1. The first-order chi connectivity index (χ1) is 6.70. The SMILES string of the molecule is CCc1nc2cc(C)ccc2nc1Br.